The van der Waals surface area contributed by atoms with E-state index in [4.69, 9.17) is 14.2 Å². The molecule has 0 spiro atoms. The smallest absolute Gasteiger partial charge is 0.306 e. The van der Waals surface area contributed by atoms with Gasteiger partial charge in [0.2, 0.25) is 0 Å². The SMILES string of the molecule is CCCCCCC/C=C\C/C=C\CCCCCCCCCCCCCCCCCCCCCC(=O)OCC(COC(=O)CCCCCCCCCCCC)OC(=O)CCCCCCC/C=C\CCCCCCC. The van der Waals surface area contributed by atoms with Crippen molar-refractivity contribution < 1.29 is 28.6 Å². The Hall–Kier alpha value is -2.37. The molecule has 0 saturated heterocycles. The lowest BCUT2D eigenvalue weighted by Gasteiger charge is -2.18. The van der Waals surface area contributed by atoms with Gasteiger partial charge in [0.25, 0.3) is 0 Å². The molecular formula is C67H124O6. The van der Waals surface area contributed by atoms with E-state index >= 15 is 0 Å². The number of ether oxygens (including phenoxy) is 3. The summed E-state index contributed by atoms with van der Waals surface area (Å²) < 4.78 is 16.9. The molecule has 0 amide bonds. The quantitative estimate of drug-likeness (QED) is 0.0261. The molecule has 0 aliphatic heterocycles. The van der Waals surface area contributed by atoms with Crippen LogP contribution in [0.3, 0.4) is 0 Å². The van der Waals surface area contributed by atoms with Crippen LogP contribution in [0.4, 0.5) is 0 Å². The molecule has 0 aliphatic carbocycles. The van der Waals surface area contributed by atoms with Crippen molar-refractivity contribution in [2.45, 2.75) is 361 Å². The molecule has 0 N–H and O–H groups in total. The van der Waals surface area contributed by atoms with Gasteiger partial charge in [-0.05, 0) is 77.0 Å². The van der Waals surface area contributed by atoms with Crippen LogP contribution in [0.2, 0.25) is 0 Å². The predicted octanol–water partition coefficient (Wildman–Crippen LogP) is 22.0. The molecule has 0 aromatic rings. The van der Waals surface area contributed by atoms with Crippen LogP contribution in [0.1, 0.15) is 355 Å². The molecule has 6 nitrogen and oxygen atoms in total. The molecule has 0 saturated carbocycles. The average Bonchev–Trinajstić information content (AvgIpc) is 3.39. The maximum absolute atomic E-state index is 12.8. The van der Waals surface area contributed by atoms with Crippen molar-refractivity contribution in [3.05, 3.63) is 36.5 Å². The van der Waals surface area contributed by atoms with Gasteiger partial charge in [0.15, 0.2) is 6.10 Å². The molecule has 1 unspecified atom stereocenters. The standard InChI is InChI=1S/C67H124O6/c1-4-7-10-13-16-19-22-24-26-27-28-29-30-31-32-33-34-35-36-37-38-39-40-41-42-44-45-48-51-54-57-60-66(69)72-63-64(62-71-65(68)59-56-53-50-47-21-18-15-12-9-6-3)73-67(70)61-58-55-52-49-46-43-25-23-20-17-14-11-8-5-2/h22-25,27-28,64H,4-21,26,29-63H2,1-3H3/b24-22-,25-23-,28-27-. The van der Waals surface area contributed by atoms with Gasteiger partial charge in [0.05, 0.1) is 0 Å². The summed E-state index contributed by atoms with van der Waals surface area (Å²) in [6.07, 6.45) is 76.0. The Morgan fingerprint density at radius 2 is 0.493 bits per heavy atom. The normalized spacial score (nSPS) is 12.2. The molecule has 6 heteroatoms. The largest absolute Gasteiger partial charge is 0.462 e. The van der Waals surface area contributed by atoms with E-state index in [-0.39, 0.29) is 31.1 Å². The van der Waals surface area contributed by atoms with Crippen LogP contribution >= 0.6 is 0 Å². The maximum Gasteiger partial charge on any atom is 0.306 e. The van der Waals surface area contributed by atoms with Gasteiger partial charge in [0, 0.05) is 19.3 Å². The third-order valence-corrected chi connectivity index (χ3v) is 14.6. The molecule has 0 radical (unpaired) electrons. The second-order valence-electron chi connectivity index (χ2n) is 22.0. The molecule has 73 heavy (non-hydrogen) atoms. The van der Waals surface area contributed by atoms with Crippen LogP contribution < -0.4 is 0 Å². The van der Waals surface area contributed by atoms with Gasteiger partial charge in [-0.15, -0.1) is 0 Å². The maximum atomic E-state index is 12.8. The summed E-state index contributed by atoms with van der Waals surface area (Å²) in [6, 6.07) is 0. The van der Waals surface area contributed by atoms with E-state index in [2.05, 4.69) is 57.2 Å². The number of esters is 3. The van der Waals surface area contributed by atoms with E-state index in [0.29, 0.717) is 19.3 Å². The Morgan fingerprint density at radius 1 is 0.274 bits per heavy atom. The van der Waals surface area contributed by atoms with Gasteiger partial charge < -0.3 is 14.2 Å². The molecule has 0 fully saturated rings. The number of unbranched alkanes of at least 4 members (excludes halogenated alkanes) is 43. The third-order valence-electron chi connectivity index (χ3n) is 14.6. The highest BCUT2D eigenvalue weighted by Gasteiger charge is 2.19. The zero-order valence-corrected chi connectivity index (χ0v) is 49.2. The zero-order valence-electron chi connectivity index (χ0n) is 49.2. The van der Waals surface area contributed by atoms with E-state index in [1.54, 1.807) is 0 Å². The van der Waals surface area contributed by atoms with Crippen molar-refractivity contribution in [3.63, 3.8) is 0 Å². The number of hydrogen-bond acceptors (Lipinski definition) is 6. The molecule has 0 rings (SSSR count). The number of carbonyl (C=O) groups is 3. The van der Waals surface area contributed by atoms with E-state index in [1.165, 1.54) is 244 Å². The lowest BCUT2D eigenvalue weighted by molar-refractivity contribution is -0.167. The van der Waals surface area contributed by atoms with Crippen LogP contribution in [0.15, 0.2) is 36.5 Å². The lowest BCUT2D eigenvalue weighted by atomic mass is 10.0. The highest BCUT2D eigenvalue weighted by atomic mass is 16.6. The summed E-state index contributed by atoms with van der Waals surface area (Å²) in [5, 5.41) is 0. The van der Waals surface area contributed by atoms with Gasteiger partial charge in [-0.1, -0.05) is 295 Å². The third kappa shape index (κ3) is 60.4. The van der Waals surface area contributed by atoms with E-state index < -0.39 is 6.10 Å². The van der Waals surface area contributed by atoms with Crippen molar-refractivity contribution in [2.75, 3.05) is 13.2 Å². The minimum atomic E-state index is -0.771. The Labute approximate surface area is 455 Å². The Morgan fingerprint density at radius 3 is 0.767 bits per heavy atom. The molecule has 0 aromatic heterocycles. The Bertz CT molecular complexity index is 1220. The van der Waals surface area contributed by atoms with Crippen LogP contribution in [0.25, 0.3) is 0 Å². The second-order valence-corrected chi connectivity index (χ2v) is 22.0. The summed E-state index contributed by atoms with van der Waals surface area (Å²) in [7, 11) is 0. The first-order chi connectivity index (χ1) is 36.0. The molecule has 0 bridgehead atoms. The van der Waals surface area contributed by atoms with Crippen LogP contribution in [-0.2, 0) is 28.6 Å². The lowest BCUT2D eigenvalue weighted by Crippen LogP contribution is -2.30. The Balaban J connectivity index is 4.06. The van der Waals surface area contributed by atoms with E-state index in [9.17, 15) is 14.4 Å². The van der Waals surface area contributed by atoms with Crippen LogP contribution in [0, 0.1) is 0 Å². The number of rotatable bonds is 60. The van der Waals surface area contributed by atoms with Gasteiger partial charge in [0.1, 0.15) is 13.2 Å². The summed E-state index contributed by atoms with van der Waals surface area (Å²) >= 11 is 0. The van der Waals surface area contributed by atoms with Crippen molar-refractivity contribution in [1.29, 1.82) is 0 Å². The summed E-state index contributed by atoms with van der Waals surface area (Å²) in [6.45, 7) is 6.65. The zero-order chi connectivity index (χ0) is 52.9. The first kappa shape index (κ1) is 70.6. The first-order valence-corrected chi connectivity index (χ1v) is 32.5. The molecule has 0 heterocycles. The van der Waals surface area contributed by atoms with E-state index in [0.717, 1.165) is 70.6 Å². The molecular weight excluding hydrogens is 901 g/mol. The summed E-state index contributed by atoms with van der Waals surface area (Å²) in [4.78, 5) is 38.1. The Kier molecular flexibility index (Phi) is 60.2. The minimum Gasteiger partial charge on any atom is -0.462 e. The fourth-order valence-corrected chi connectivity index (χ4v) is 9.71. The number of hydrogen-bond donors (Lipinski definition) is 0. The number of allylic oxidation sites excluding steroid dienone is 6. The van der Waals surface area contributed by atoms with Crippen LogP contribution in [0.5, 0.6) is 0 Å². The monoisotopic (exact) mass is 1020 g/mol. The predicted molar refractivity (Wildman–Crippen MR) is 316 cm³/mol. The van der Waals surface area contributed by atoms with E-state index in [1.807, 2.05) is 0 Å². The second kappa shape index (κ2) is 62.2. The summed E-state index contributed by atoms with van der Waals surface area (Å²) in [5.74, 6) is -0.860. The van der Waals surface area contributed by atoms with Crippen molar-refractivity contribution in [2.24, 2.45) is 0 Å². The van der Waals surface area contributed by atoms with Crippen LogP contribution in [-0.4, -0.2) is 37.2 Å². The molecule has 428 valence electrons. The van der Waals surface area contributed by atoms with Gasteiger partial charge in [-0.2, -0.15) is 0 Å². The highest BCUT2D eigenvalue weighted by molar-refractivity contribution is 5.71. The number of carbonyl (C=O) groups excluding carboxylic acids is 3. The van der Waals surface area contributed by atoms with Crippen molar-refractivity contribution in [1.82, 2.24) is 0 Å². The van der Waals surface area contributed by atoms with Crippen molar-refractivity contribution in [3.8, 4) is 0 Å². The average molecular weight is 1030 g/mol. The fourth-order valence-electron chi connectivity index (χ4n) is 9.71. The first-order valence-electron chi connectivity index (χ1n) is 32.5. The molecule has 1 atom stereocenters. The van der Waals surface area contributed by atoms with Crippen molar-refractivity contribution >= 4 is 17.9 Å². The fraction of sp³-hybridized carbons (Fsp3) is 0.866. The molecule has 0 aliphatic rings. The minimum absolute atomic E-state index is 0.0703. The van der Waals surface area contributed by atoms with Gasteiger partial charge in [-0.3, -0.25) is 14.4 Å². The topological polar surface area (TPSA) is 78.9 Å². The highest BCUT2D eigenvalue weighted by Crippen LogP contribution is 2.17. The van der Waals surface area contributed by atoms with Gasteiger partial charge in [-0.25, -0.2) is 0 Å². The summed E-state index contributed by atoms with van der Waals surface area (Å²) in [5.41, 5.74) is 0. The molecule has 0 aromatic carbocycles. The van der Waals surface area contributed by atoms with Gasteiger partial charge >= 0.3 is 17.9 Å².